The van der Waals surface area contributed by atoms with Gasteiger partial charge in [-0.25, -0.2) is 0 Å². The maximum Gasteiger partial charge on any atom is 0.282 e. The fourth-order valence-electron chi connectivity index (χ4n) is 1.25. The van der Waals surface area contributed by atoms with Gasteiger partial charge in [-0.1, -0.05) is 6.07 Å². The van der Waals surface area contributed by atoms with Gasteiger partial charge in [-0.3, -0.25) is 14.9 Å². The quantitative estimate of drug-likeness (QED) is 0.606. The van der Waals surface area contributed by atoms with Crippen LogP contribution >= 0.6 is 0 Å². The molecule has 0 aliphatic carbocycles. The highest BCUT2D eigenvalue weighted by Gasteiger charge is 2.19. The molecular weight excluding hydrogens is 196 g/mol. The summed E-state index contributed by atoms with van der Waals surface area (Å²) in [4.78, 5) is 21.6. The van der Waals surface area contributed by atoms with Crippen LogP contribution in [-0.4, -0.2) is 17.4 Å². The van der Waals surface area contributed by atoms with Gasteiger partial charge in [0.2, 0.25) is 0 Å². The van der Waals surface area contributed by atoms with Crippen molar-refractivity contribution in [2.24, 2.45) is 0 Å². The van der Waals surface area contributed by atoms with Crippen LogP contribution in [0.3, 0.4) is 0 Å². The Kier molecular flexibility index (Phi) is 3.38. The standard InChI is InChI=1S/C10H12N2O3/c1-3-11-10(13)8-6-7(2)4-5-9(8)12(14)15/h4-6H,3H2,1-2H3,(H,11,13). The zero-order valence-electron chi connectivity index (χ0n) is 8.61. The molecule has 0 saturated carbocycles. The molecule has 15 heavy (non-hydrogen) atoms. The maximum atomic E-state index is 11.5. The molecule has 80 valence electrons. The number of hydrogen-bond acceptors (Lipinski definition) is 3. The van der Waals surface area contributed by atoms with Gasteiger partial charge in [0.1, 0.15) is 5.56 Å². The summed E-state index contributed by atoms with van der Waals surface area (Å²) in [5.74, 6) is -0.409. The van der Waals surface area contributed by atoms with Crippen molar-refractivity contribution in [3.8, 4) is 0 Å². The van der Waals surface area contributed by atoms with E-state index in [0.29, 0.717) is 6.54 Å². The van der Waals surface area contributed by atoms with E-state index in [1.54, 1.807) is 19.9 Å². The molecule has 5 heteroatoms. The molecule has 5 nitrogen and oxygen atoms in total. The topological polar surface area (TPSA) is 72.2 Å². The lowest BCUT2D eigenvalue weighted by molar-refractivity contribution is -0.385. The van der Waals surface area contributed by atoms with Gasteiger partial charge in [0.15, 0.2) is 0 Å². The highest BCUT2D eigenvalue weighted by molar-refractivity contribution is 5.98. The van der Waals surface area contributed by atoms with Crippen LogP contribution in [0, 0.1) is 17.0 Å². The van der Waals surface area contributed by atoms with E-state index in [0.717, 1.165) is 5.56 Å². The Labute approximate surface area is 87.3 Å². The van der Waals surface area contributed by atoms with Gasteiger partial charge in [-0.05, 0) is 25.5 Å². The van der Waals surface area contributed by atoms with Crippen LogP contribution in [0.25, 0.3) is 0 Å². The second-order valence-corrected chi connectivity index (χ2v) is 3.14. The number of nitrogens with one attached hydrogen (secondary N) is 1. The largest absolute Gasteiger partial charge is 0.352 e. The molecule has 0 bridgehead atoms. The molecule has 0 atom stereocenters. The van der Waals surface area contributed by atoms with Gasteiger partial charge < -0.3 is 5.32 Å². The summed E-state index contributed by atoms with van der Waals surface area (Å²) >= 11 is 0. The minimum atomic E-state index is -0.552. The number of amides is 1. The molecule has 0 radical (unpaired) electrons. The minimum Gasteiger partial charge on any atom is -0.352 e. The van der Waals surface area contributed by atoms with Crippen molar-refractivity contribution in [1.29, 1.82) is 0 Å². The number of carbonyl (C=O) groups is 1. The lowest BCUT2D eigenvalue weighted by Gasteiger charge is -2.03. The van der Waals surface area contributed by atoms with Crippen molar-refractivity contribution in [2.45, 2.75) is 13.8 Å². The maximum absolute atomic E-state index is 11.5. The monoisotopic (exact) mass is 208 g/mol. The third kappa shape index (κ3) is 2.52. The average Bonchev–Trinajstić information content (AvgIpc) is 2.17. The summed E-state index contributed by atoms with van der Waals surface area (Å²) in [7, 11) is 0. The van der Waals surface area contributed by atoms with E-state index in [2.05, 4.69) is 5.32 Å². The number of carbonyl (C=O) groups excluding carboxylic acids is 1. The number of nitro groups is 1. The first-order chi connectivity index (χ1) is 7.06. The second-order valence-electron chi connectivity index (χ2n) is 3.14. The Morgan fingerprint density at radius 3 is 2.73 bits per heavy atom. The molecule has 0 spiro atoms. The highest BCUT2D eigenvalue weighted by atomic mass is 16.6. The lowest BCUT2D eigenvalue weighted by atomic mass is 10.1. The van der Waals surface area contributed by atoms with Crippen LogP contribution in [0.2, 0.25) is 0 Å². The number of rotatable bonds is 3. The third-order valence-corrected chi connectivity index (χ3v) is 1.93. The van der Waals surface area contributed by atoms with E-state index >= 15 is 0 Å². The fraction of sp³-hybridized carbons (Fsp3) is 0.300. The van der Waals surface area contributed by atoms with E-state index < -0.39 is 10.8 Å². The second kappa shape index (κ2) is 4.54. The van der Waals surface area contributed by atoms with Crippen LogP contribution in [0.1, 0.15) is 22.8 Å². The van der Waals surface area contributed by atoms with Crippen molar-refractivity contribution in [2.75, 3.05) is 6.54 Å². The molecule has 0 unspecified atom stereocenters. The first-order valence-electron chi connectivity index (χ1n) is 4.59. The molecule has 1 N–H and O–H groups in total. The molecule has 0 aliphatic heterocycles. The van der Waals surface area contributed by atoms with Crippen LogP contribution in [0.4, 0.5) is 5.69 Å². The van der Waals surface area contributed by atoms with Crippen LogP contribution in [0.5, 0.6) is 0 Å². The van der Waals surface area contributed by atoms with Gasteiger partial charge in [0.25, 0.3) is 11.6 Å². The minimum absolute atomic E-state index is 0.113. The molecule has 1 aromatic carbocycles. The zero-order valence-corrected chi connectivity index (χ0v) is 8.61. The van der Waals surface area contributed by atoms with Gasteiger partial charge in [-0.2, -0.15) is 0 Å². The van der Waals surface area contributed by atoms with E-state index in [9.17, 15) is 14.9 Å². The molecule has 0 aliphatic rings. The predicted octanol–water partition coefficient (Wildman–Crippen LogP) is 1.65. The smallest absolute Gasteiger partial charge is 0.282 e. The van der Waals surface area contributed by atoms with Crippen LogP contribution in [0.15, 0.2) is 18.2 Å². The SMILES string of the molecule is CCNC(=O)c1cc(C)ccc1[N+](=O)[O-]. The van der Waals surface area contributed by atoms with Gasteiger partial charge in [-0.15, -0.1) is 0 Å². The summed E-state index contributed by atoms with van der Waals surface area (Å²) in [6.07, 6.45) is 0. The van der Waals surface area contributed by atoms with E-state index in [-0.39, 0.29) is 11.3 Å². The number of hydrogen-bond donors (Lipinski definition) is 1. The Balaban J connectivity index is 3.18. The molecule has 0 saturated heterocycles. The molecule has 1 aromatic rings. The van der Waals surface area contributed by atoms with Crippen molar-refractivity contribution in [3.63, 3.8) is 0 Å². The summed E-state index contributed by atoms with van der Waals surface area (Å²) in [6, 6.07) is 4.48. The number of nitrogens with zero attached hydrogens (tertiary/aromatic N) is 1. The van der Waals surface area contributed by atoms with Crippen molar-refractivity contribution in [1.82, 2.24) is 5.32 Å². The summed E-state index contributed by atoms with van der Waals surface area (Å²) < 4.78 is 0. The first-order valence-corrected chi connectivity index (χ1v) is 4.59. The Hall–Kier alpha value is -1.91. The van der Waals surface area contributed by atoms with Gasteiger partial charge in [0, 0.05) is 12.6 Å². The average molecular weight is 208 g/mol. The van der Waals surface area contributed by atoms with Crippen LogP contribution < -0.4 is 5.32 Å². The van der Waals surface area contributed by atoms with E-state index in [1.807, 2.05) is 0 Å². The number of aryl methyl sites for hydroxylation is 1. The van der Waals surface area contributed by atoms with Crippen LogP contribution in [-0.2, 0) is 0 Å². The lowest BCUT2D eigenvalue weighted by Crippen LogP contribution is -2.23. The molecule has 1 amide bonds. The summed E-state index contributed by atoms with van der Waals surface area (Å²) in [5.41, 5.74) is 0.773. The zero-order chi connectivity index (χ0) is 11.4. The van der Waals surface area contributed by atoms with E-state index in [4.69, 9.17) is 0 Å². The number of nitro benzene ring substituents is 1. The summed E-state index contributed by atoms with van der Waals surface area (Å²) in [6.45, 7) is 4.00. The van der Waals surface area contributed by atoms with E-state index in [1.165, 1.54) is 12.1 Å². The molecule has 0 aromatic heterocycles. The fourth-order valence-corrected chi connectivity index (χ4v) is 1.25. The van der Waals surface area contributed by atoms with Gasteiger partial charge >= 0.3 is 0 Å². The Morgan fingerprint density at radius 1 is 1.53 bits per heavy atom. The van der Waals surface area contributed by atoms with Crippen molar-refractivity contribution >= 4 is 11.6 Å². The molecule has 0 heterocycles. The highest BCUT2D eigenvalue weighted by Crippen LogP contribution is 2.19. The van der Waals surface area contributed by atoms with Crippen molar-refractivity contribution < 1.29 is 9.72 Å². The molecule has 1 rings (SSSR count). The first kappa shape index (κ1) is 11.2. The third-order valence-electron chi connectivity index (χ3n) is 1.93. The van der Waals surface area contributed by atoms with Crippen molar-refractivity contribution in [3.05, 3.63) is 39.4 Å². The summed E-state index contributed by atoms with van der Waals surface area (Å²) in [5, 5.41) is 13.2. The predicted molar refractivity (Wildman–Crippen MR) is 55.8 cm³/mol. The molecule has 0 fully saturated rings. The van der Waals surface area contributed by atoms with Gasteiger partial charge in [0.05, 0.1) is 4.92 Å². The Bertz CT molecular complexity index is 402. The Morgan fingerprint density at radius 2 is 2.20 bits per heavy atom. The number of benzene rings is 1. The normalized spacial score (nSPS) is 9.73. The molecular formula is C10H12N2O3.